The van der Waals surface area contributed by atoms with Crippen molar-refractivity contribution in [2.24, 2.45) is 0 Å². The fourth-order valence-electron chi connectivity index (χ4n) is 1.94. The Balaban J connectivity index is 2.60. The standard InChI is InChI=1S/C15H23NO4/c1-3-4-5-11(2)20-13-8-6-12(7-9-13)14(10-17)16-15(18)19/h6-9,11,14,16-17H,3-5,10H2,1-2H3,(H,18,19). The molecule has 1 aromatic rings. The maximum Gasteiger partial charge on any atom is 0.405 e. The van der Waals surface area contributed by atoms with Crippen LogP contribution >= 0.6 is 0 Å². The summed E-state index contributed by atoms with van der Waals surface area (Å²) < 4.78 is 5.77. The Labute approximate surface area is 119 Å². The second-order valence-corrected chi connectivity index (χ2v) is 4.82. The van der Waals surface area contributed by atoms with Crippen LogP contribution in [0.25, 0.3) is 0 Å². The van der Waals surface area contributed by atoms with Crippen LogP contribution in [0.5, 0.6) is 5.75 Å². The lowest BCUT2D eigenvalue weighted by atomic mass is 10.1. The van der Waals surface area contributed by atoms with Crippen molar-refractivity contribution in [3.8, 4) is 5.75 Å². The minimum absolute atomic E-state index is 0.159. The average molecular weight is 281 g/mol. The van der Waals surface area contributed by atoms with Gasteiger partial charge in [-0.2, -0.15) is 0 Å². The van der Waals surface area contributed by atoms with Crippen LogP contribution in [-0.4, -0.2) is 29.0 Å². The zero-order valence-electron chi connectivity index (χ0n) is 12.0. The number of hydrogen-bond donors (Lipinski definition) is 3. The highest BCUT2D eigenvalue weighted by Gasteiger charge is 2.13. The smallest absolute Gasteiger partial charge is 0.405 e. The van der Waals surface area contributed by atoms with Crippen LogP contribution < -0.4 is 10.1 Å². The Kier molecular flexibility index (Phi) is 6.87. The summed E-state index contributed by atoms with van der Waals surface area (Å²) in [6, 6.07) is 6.50. The van der Waals surface area contributed by atoms with Gasteiger partial charge in [-0.3, -0.25) is 0 Å². The number of aliphatic hydroxyl groups excluding tert-OH is 1. The van der Waals surface area contributed by atoms with Gasteiger partial charge in [-0.1, -0.05) is 31.9 Å². The molecule has 0 fully saturated rings. The highest BCUT2D eigenvalue weighted by Crippen LogP contribution is 2.19. The Morgan fingerprint density at radius 2 is 2.00 bits per heavy atom. The normalized spacial score (nSPS) is 13.6. The summed E-state index contributed by atoms with van der Waals surface area (Å²) in [5, 5.41) is 20.1. The monoisotopic (exact) mass is 281 g/mol. The Morgan fingerprint density at radius 1 is 1.35 bits per heavy atom. The summed E-state index contributed by atoms with van der Waals surface area (Å²) in [6.45, 7) is 3.90. The molecular weight excluding hydrogens is 258 g/mol. The van der Waals surface area contributed by atoms with E-state index >= 15 is 0 Å². The predicted molar refractivity (Wildman–Crippen MR) is 77.0 cm³/mol. The Morgan fingerprint density at radius 3 is 2.50 bits per heavy atom. The first-order valence-corrected chi connectivity index (χ1v) is 6.93. The van der Waals surface area contributed by atoms with E-state index in [0.717, 1.165) is 25.0 Å². The first-order chi connectivity index (χ1) is 9.56. The van der Waals surface area contributed by atoms with Crippen molar-refractivity contribution in [3.63, 3.8) is 0 Å². The highest BCUT2D eigenvalue weighted by molar-refractivity contribution is 5.65. The fourth-order valence-corrected chi connectivity index (χ4v) is 1.94. The number of ether oxygens (including phenoxy) is 1. The molecule has 0 bridgehead atoms. The van der Waals surface area contributed by atoms with Gasteiger partial charge in [0.2, 0.25) is 0 Å². The molecule has 20 heavy (non-hydrogen) atoms. The molecule has 0 saturated carbocycles. The number of amides is 1. The molecule has 0 heterocycles. The van der Waals surface area contributed by atoms with Gasteiger partial charge in [0.25, 0.3) is 0 Å². The molecule has 5 nitrogen and oxygen atoms in total. The second-order valence-electron chi connectivity index (χ2n) is 4.82. The van der Waals surface area contributed by atoms with Gasteiger partial charge < -0.3 is 20.3 Å². The second kappa shape index (κ2) is 8.43. The van der Waals surface area contributed by atoms with E-state index in [0.29, 0.717) is 5.56 Å². The van der Waals surface area contributed by atoms with Crippen LogP contribution in [0.2, 0.25) is 0 Å². The lowest BCUT2D eigenvalue weighted by molar-refractivity contribution is 0.177. The van der Waals surface area contributed by atoms with Crippen molar-refractivity contribution in [1.82, 2.24) is 5.32 Å². The van der Waals surface area contributed by atoms with Gasteiger partial charge in [0.05, 0.1) is 18.8 Å². The van der Waals surface area contributed by atoms with Crippen LogP contribution in [-0.2, 0) is 0 Å². The molecule has 1 aromatic carbocycles. The molecule has 0 aliphatic rings. The van der Waals surface area contributed by atoms with E-state index in [9.17, 15) is 9.90 Å². The molecule has 3 N–H and O–H groups in total. The number of unbranched alkanes of at least 4 members (excludes halogenated alkanes) is 1. The maximum absolute atomic E-state index is 10.6. The van der Waals surface area contributed by atoms with Gasteiger partial charge in [-0.05, 0) is 31.0 Å². The molecule has 0 saturated heterocycles. The summed E-state index contributed by atoms with van der Waals surface area (Å²) in [4.78, 5) is 10.6. The van der Waals surface area contributed by atoms with Gasteiger partial charge in [0, 0.05) is 0 Å². The first-order valence-electron chi connectivity index (χ1n) is 6.93. The molecule has 112 valence electrons. The molecular formula is C15H23NO4. The number of hydrogen-bond acceptors (Lipinski definition) is 3. The van der Waals surface area contributed by atoms with Crippen LogP contribution in [0.3, 0.4) is 0 Å². The molecule has 2 unspecified atom stereocenters. The Bertz CT molecular complexity index is 405. The molecule has 1 rings (SSSR count). The minimum atomic E-state index is -1.16. The molecule has 0 aliphatic heterocycles. The summed E-state index contributed by atoms with van der Waals surface area (Å²) >= 11 is 0. The molecule has 5 heteroatoms. The van der Waals surface area contributed by atoms with Crippen molar-refractivity contribution < 1.29 is 19.7 Å². The zero-order chi connectivity index (χ0) is 15.0. The van der Waals surface area contributed by atoms with Gasteiger partial charge in [0.1, 0.15) is 5.75 Å². The third-order valence-electron chi connectivity index (χ3n) is 3.06. The number of benzene rings is 1. The number of rotatable bonds is 8. The first kappa shape index (κ1) is 16.3. The van der Waals surface area contributed by atoms with E-state index in [2.05, 4.69) is 12.2 Å². The van der Waals surface area contributed by atoms with E-state index in [-0.39, 0.29) is 12.7 Å². The van der Waals surface area contributed by atoms with Gasteiger partial charge in [0.15, 0.2) is 0 Å². The molecule has 0 radical (unpaired) electrons. The Hall–Kier alpha value is -1.75. The minimum Gasteiger partial charge on any atom is -0.491 e. The number of carbonyl (C=O) groups is 1. The fraction of sp³-hybridized carbons (Fsp3) is 0.533. The van der Waals surface area contributed by atoms with E-state index in [1.54, 1.807) is 24.3 Å². The van der Waals surface area contributed by atoms with Crippen LogP contribution in [0.1, 0.15) is 44.7 Å². The lowest BCUT2D eigenvalue weighted by Gasteiger charge is -2.17. The van der Waals surface area contributed by atoms with Crippen LogP contribution in [0, 0.1) is 0 Å². The average Bonchev–Trinajstić information content (AvgIpc) is 2.43. The number of aliphatic hydroxyl groups is 1. The van der Waals surface area contributed by atoms with E-state index in [1.807, 2.05) is 6.92 Å². The number of carboxylic acid groups (broad SMARTS) is 1. The van der Waals surface area contributed by atoms with Gasteiger partial charge in [-0.25, -0.2) is 4.79 Å². The van der Waals surface area contributed by atoms with Crippen molar-refractivity contribution in [1.29, 1.82) is 0 Å². The van der Waals surface area contributed by atoms with Crippen LogP contribution in [0.4, 0.5) is 4.79 Å². The molecule has 1 amide bonds. The van der Waals surface area contributed by atoms with E-state index in [1.165, 1.54) is 0 Å². The highest BCUT2D eigenvalue weighted by atomic mass is 16.5. The summed E-state index contributed by atoms with van der Waals surface area (Å²) in [7, 11) is 0. The molecule has 2 atom stereocenters. The van der Waals surface area contributed by atoms with Crippen molar-refractivity contribution >= 4 is 6.09 Å². The summed E-state index contributed by atoms with van der Waals surface area (Å²) in [6.07, 6.45) is 2.29. The largest absolute Gasteiger partial charge is 0.491 e. The summed E-state index contributed by atoms with van der Waals surface area (Å²) in [5.74, 6) is 0.754. The number of nitrogens with one attached hydrogen (secondary N) is 1. The predicted octanol–water partition coefficient (Wildman–Crippen LogP) is 2.95. The van der Waals surface area contributed by atoms with Crippen molar-refractivity contribution in [3.05, 3.63) is 29.8 Å². The SMILES string of the molecule is CCCCC(C)Oc1ccc(C(CO)NC(=O)O)cc1. The maximum atomic E-state index is 10.6. The molecule has 0 aliphatic carbocycles. The van der Waals surface area contributed by atoms with Gasteiger partial charge >= 0.3 is 6.09 Å². The topological polar surface area (TPSA) is 78.8 Å². The third kappa shape index (κ3) is 5.48. The molecule has 0 aromatic heterocycles. The van der Waals surface area contributed by atoms with Crippen molar-refractivity contribution in [2.45, 2.75) is 45.3 Å². The lowest BCUT2D eigenvalue weighted by Crippen LogP contribution is -2.29. The zero-order valence-corrected chi connectivity index (χ0v) is 12.0. The van der Waals surface area contributed by atoms with Gasteiger partial charge in [-0.15, -0.1) is 0 Å². The van der Waals surface area contributed by atoms with Crippen molar-refractivity contribution in [2.75, 3.05) is 6.61 Å². The van der Waals surface area contributed by atoms with E-state index in [4.69, 9.17) is 9.84 Å². The third-order valence-corrected chi connectivity index (χ3v) is 3.06. The van der Waals surface area contributed by atoms with E-state index < -0.39 is 12.1 Å². The molecule has 0 spiro atoms. The van der Waals surface area contributed by atoms with Crippen LogP contribution in [0.15, 0.2) is 24.3 Å². The quantitative estimate of drug-likeness (QED) is 0.684. The summed E-state index contributed by atoms with van der Waals surface area (Å²) in [5.41, 5.74) is 0.712.